The molecule has 1 atom stereocenters. The van der Waals surface area contributed by atoms with Crippen molar-refractivity contribution in [2.24, 2.45) is 0 Å². The molecule has 0 amide bonds. The molecule has 1 heterocycles. The van der Waals surface area contributed by atoms with E-state index < -0.39 is 11.2 Å². The normalized spacial score (nSPS) is 12.3. The number of carboxylic acids is 1. The van der Waals surface area contributed by atoms with Gasteiger partial charge in [-0.25, -0.2) is 0 Å². The fraction of sp³-hybridized carbons (Fsp3) is 0.250. The van der Waals surface area contributed by atoms with E-state index in [-0.39, 0.29) is 5.22 Å². The molecule has 94 valence electrons. The van der Waals surface area contributed by atoms with Gasteiger partial charge >= 0.3 is 0 Å². The molecule has 0 saturated heterocycles. The van der Waals surface area contributed by atoms with E-state index in [9.17, 15) is 9.90 Å². The third kappa shape index (κ3) is 2.89. The molecule has 0 unspecified atom stereocenters. The lowest BCUT2D eigenvalue weighted by molar-refractivity contribution is -0.304. The minimum atomic E-state index is -1.16. The predicted molar refractivity (Wildman–Crippen MR) is 64.8 cm³/mol. The Morgan fingerprint density at radius 2 is 2.00 bits per heavy atom. The molecule has 0 radical (unpaired) electrons. The van der Waals surface area contributed by atoms with Gasteiger partial charge in [-0.3, -0.25) is 0 Å². The number of benzene rings is 1. The first-order valence-electron chi connectivity index (χ1n) is 5.34. The number of aromatic nitrogens is 2. The van der Waals surface area contributed by atoms with Crippen LogP contribution in [-0.4, -0.2) is 21.4 Å². The smallest absolute Gasteiger partial charge is 0.277 e. The van der Waals surface area contributed by atoms with E-state index >= 15 is 0 Å². The predicted octanol–water partition coefficient (Wildman–Crippen LogP) is 1.28. The molecule has 0 aliphatic carbocycles. The van der Waals surface area contributed by atoms with Crippen LogP contribution < -0.4 is 5.11 Å². The summed E-state index contributed by atoms with van der Waals surface area (Å²) in [5.74, 6) is -0.780. The SMILES string of the molecule is Cc1ccc(-c2nnc(S[C@H](C)C(=O)[O-])o2)cc1. The van der Waals surface area contributed by atoms with E-state index in [1.54, 1.807) is 0 Å². The van der Waals surface area contributed by atoms with Crippen molar-refractivity contribution in [2.45, 2.75) is 24.3 Å². The zero-order valence-electron chi connectivity index (χ0n) is 9.91. The molecule has 2 rings (SSSR count). The van der Waals surface area contributed by atoms with Gasteiger partial charge in [-0.05, 0) is 26.0 Å². The summed E-state index contributed by atoms with van der Waals surface area (Å²) < 4.78 is 5.38. The summed E-state index contributed by atoms with van der Waals surface area (Å²) in [5.41, 5.74) is 1.94. The number of aryl methyl sites for hydroxylation is 1. The zero-order valence-corrected chi connectivity index (χ0v) is 10.7. The Morgan fingerprint density at radius 3 is 2.61 bits per heavy atom. The largest absolute Gasteiger partial charge is 0.549 e. The lowest BCUT2D eigenvalue weighted by atomic mass is 10.1. The second kappa shape index (κ2) is 5.22. The molecule has 0 N–H and O–H groups in total. The van der Waals surface area contributed by atoms with Crippen LogP contribution in [0.15, 0.2) is 33.9 Å². The quantitative estimate of drug-likeness (QED) is 0.773. The van der Waals surface area contributed by atoms with E-state index in [0.717, 1.165) is 22.9 Å². The summed E-state index contributed by atoms with van der Waals surface area (Å²) in [6.07, 6.45) is 0. The minimum absolute atomic E-state index is 0.224. The molecule has 0 bridgehead atoms. The van der Waals surface area contributed by atoms with Crippen LogP contribution in [-0.2, 0) is 4.79 Å². The third-order valence-corrected chi connectivity index (χ3v) is 3.23. The maximum atomic E-state index is 10.6. The lowest BCUT2D eigenvalue weighted by Crippen LogP contribution is -2.31. The van der Waals surface area contributed by atoms with Gasteiger partial charge < -0.3 is 14.3 Å². The number of hydrogen-bond donors (Lipinski definition) is 0. The van der Waals surface area contributed by atoms with Gasteiger partial charge in [0.1, 0.15) is 0 Å². The number of carbonyl (C=O) groups excluding carboxylic acids is 1. The molecular formula is C12H11N2O3S-. The van der Waals surface area contributed by atoms with Crippen molar-refractivity contribution >= 4 is 17.7 Å². The number of carbonyl (C=O) groups is 1. The van der Waals surface area contributed by atoms with E-state index in [2.05, 4.69) is 10.2 Å². The highest BCUT2D eigenvalue weighted by Gasteiger charge is 2.13. The van der Waals surface area contributed by atoms with E-state index in [1.165, 1.54) is 6.92 Å². The highest BCUT2D eigenvalue weighted by Crippen LogP contribution is 2.25. The summed E-state index contributed by atoms with van der Waals surface area (Å²) in [6.45, 7) is 3.50. The van der Waals surface area contributed by atoms with Gasteiger partial charge in [-0.1, -0.05) is 29.5 Å². The molecule has 0 aliphatic rings. The van der Waals surface area contributed by atoms with Gasteiger partial charge in [0, 0.05) is 5.56 Å². The van der Waals surface area contributed by atoms with Crippen LogP contribution in [0.25, 0.3) is 11.5 Å². The molecule has 1 aromatic carbocycles. The van der Waals surface area contributed by atoms with Crippen molar-refractivity contribution in [1.29, 1.82) is 0 Å². The summed E-state index contributed by atoms with van der Waals surface area (Å²) in [5, 5.41) is 17.8. The number of hydrogen-bond acceptors (Lipinski definition) is 6. The first-order valence-corrected chi connectivity index (χ1v) is 6.22. The molecule has 5 nitrogen and oxygen atoms in total. The lowest BCUT2D eigenvalue weighted by Gasteiger charge is -2.07. The first-order chi connectivity index (χ1) is 8.56. The van der Waals surface area contributed by atoms with Crippen LogP contribution in [0.5, 0.6) is 0 Å². The third-order valence-electron chi connectivity index (χ3n) is 2.31. The van der Waals surface area contributed by atoms with E-state index in [1.807, 2.05) is 31.2 Å². The molecule has 18 heavy (non-hydrogen) atoms. The van der Waals surface area contributed by atoms with Crippen molar-refractivity contribution in [3.05, 3.63) is 29.8 Å². The standard InChI is InChI=1S/C12H12N2O3S/c1-7-3-5-9(6-4-7)10-13-14-12(17-10)18-8(2)11(15)16/h3-6,8H,1-2H3,(H,15,16)/p-1/t8-/m1/s1. The Bertz CT molecular complexity index is 551. The monoisotopic (exact) mass is 263 g/mol. The van der Waals surface area contributed by atoms with Gasteiger partial charge in [-0.15, -0.1) is 10.2 Å². The highest BCUT2D eigenvalue weighted by atomic mass is 32.2. The maximum absolute atomic E-state index is 10.6. The average molecular weight is 263 g/mol. The topological polar surface area (TPSA) is 79.0 Å². The van der Waals surface area contributed by atoms with Gasteiger partial charge in [0.15, 0.2) is 0 Å². The molecule has 0 fully saturated rings. The molecule has 2 aromatic rings. The number of nitrogens with zero attached hydrogens (tertiary/aromatic N) is 2. The number of aliphatic carboxylic acids is 1. The molecular weight excluding hydrogens is 252 g/mol. The second-order valence-corrected chi connectivity index (χ2v) is 5.11. The minimum Gasteiger partial charge on any atom is -0.549 e. The summed E-state index contributed by atoms with van der Waals surface area (Å²) in [7, 11) is 0. The van der Waals surface area contributed by atoms with Crippen LogP contribution in [0.2, 0.25) is 0 Å². The van der Waals surface area contributed by atoms with Gasteiger partial charge in [-0.2, -0.15) is 0 Å². The molecule has 0 spiro atoms. The van der Waals surface area contributed by atoms with Gasteiger partial charge in [0.05, 0.1) is 11.2 Å². The molecule has 1 aromatic heterocycles. The maximum Gasteiger partial charge on any atom is 0.277 e. The Hall–Kier alpha value is -1.82. The van der Waals surface area contributed by atoms with Gasteiger partial charge in [0.2, 0.25) is 5.89 Å². The number of rotatable bonds is 4. The summed E-state index contributed by atoms with van der Waals surface area (Å²) >= 11 is 0.968. The second-order valence-electron chi connectivity index (χ2n) is 3.82. The molecule has 0 saturated carbocycles. The van der Waals surface area contributed by atoms with Crippen molar-refractivity contribution in [2.75, 3.05) is 0 Å². The Kier molecular flexibility index (Phi) is 3.66. The van der Waals surface area contributed by atoms with Crippen molar-refractivity contribution < 1.29 is 14.3 Å². The first kappa shape index (κ1) is 12.6. The van der Waals surface area contributed by atoms with Crippen LogP contribution >= 0.6 is 11.8 Å². The van der Waals surface area contributed by atoms with Crippen LogP contribution in [0.3, 0.4) is 0 Å². The fourth-order valence-corrected chi connectivity index (χ4v) is 1.88. The van der Waals surface area contributed by atoms with Crippen molar-refractivity contribution in [3.63, 3.8) is 0 Å². The molecule has 0 aliphatic heterocycles. The van der Waals surface area contributed by atoms with Crippen LogP contribution in [0.1, 0.15) is 12.5 Å². The van der Waals surface area contributed by atoms with E-state index in [0.29, 0.717) is 5.89 Å². The zero-order chi connectivity index (χ0) is 13.1. The van der Waals surface area contributed by atoms with Crippen molar-refractivity contribution in [1.82, 2.24) is 10.2 Å². The Morgan fingerprint density at radius 1 is 1.33 bits per heavy atom. The average Bonchev–Trinajstić information content (AvgIpc) is 2.78. The van der Waals surface area contributed by atoms with Crippen molar-refractivity contribution in [3.8, 4) is 11.5 Å². The number of carboxylic acid groups (broad SMARTS) is 1. The van der Waals surface area contributed by atoms with E-state index in [4.69, 9.17) is 4.42 Å². The summed E-state index contributed by atoms with van der Waals surface area (Å²) in [6, 6.07) is 7.63. The number of thioether (sulfide) groups is 1. The Labute approximate surface area is 108 Å². The summed E-state index contributed by atoms with van der Waals surface area (Å²) in [4.78, 5) is 10.6. The fourth-order valence-electron chi connectivity index (χ4n) is 1.27. The highest BCUT2D eigenvalue weighted by molar-refractivity contribution is 8.00. The Balaban J connectivity index is 2.15. The van der Waals surface area contributed by atoms with Gasteiger partial charge in [0.25, 0.3) is 5.22 Å². The van der Waals surface area contributed by atoms with Crippen LogP contribution in [0, 0.1) is 6.92 Å². The molecule has 6 heteroatoms. The van der Waals surface area contributed by atoms with Crippen LogP contribution in [0.4, 0.5) is 0 Å².